The molecular formula is C36H23N3O2S. The Hall–Kier alpha value is -5.33. The standard InChI is InChI=1S/C36H23N3O2S/c40-42(41)35-21-11-6-16-28(35)29-22-25(38-30-17-7-4-14-26(30)27-15-5-8-18-31(27)38)23-34-36(29)39(42)33-20-10-9-19-32(33)37(34)24-12-2-1-3-13-24/h1-23H. The van der Waals surface area contributed by atoms with E-state index < -0.39 is 10.0 Å². The van der Waals surface area contributed by atoms with Crippen LogP contribution in [0.4, 0.5) is 28.4 Å². The Morgan fingerprint density at radius 3 is 1.81 bits per heavy atom. The van der Waals surface area contributed by atoms with E-state index in [-0.39, 0.29) is 0 Å². The Morgan fingerprint density at radius 2 is 1.07 bits per heavy atom. The number of anilines is 5. The van der Waals surface area contributed by atoms with Crippen molar-refractivity contribution in [2.24, 2.45) is 0 Å². The Kier molecular flexibility index (Phi) is 4.65. The molecule has 0 fully saturated rings. The molecule has 6 aromatic carbocycles. The summed E-state index contributed by atoms with van der Waals surface area (Å²) in [5.74, 6) is 0. The smallest absolute Gasteiger partial charge is 0.269 e. The lowest BCUT2D eigenvalue weighted by molar-refractivity contribution is 0.595. The molecule has 0 bridgehead atoms. The number of hydrogen-bond donors (Lipinski definition) is 0. The zero-order chi connectivity index (χ0) is 28.0. The molecule has 0 spiro atoms. The largest absolute Gasteiger partial charge is 0.309 e. The van der Waals surface area contributed by atoms with Gasteiger partial charge in [0.05, 0.1) is 38.7 Å². The Labute approximate surface area is 243 Å². The van der Waals surface area contributed by atoms with Crippen LogP contribution in [0, 0.1) is 0 Å². The maximum atomic E-state index is 14.4. The van der Waals surface area contributed by atoms with E-state index in [4.69, 9.17) is 0 Å². The molecule has 0 atom stereocenters. The topological polar surface area (TPSA) is 45.6 Å². The molecule has 0 N–H and O–H groups in total. The average molecular weight is 562 g/mol. The molecule has 0 aliphatic carbocycles. The van der Waals surface area contributed by atoms with Crippen molar-refractivity contribution in [3.8, 4) is 16.8 Å². The molecule has 9 rings (SSSR count). The van der Waals surface area contributed by atoms with Gasteiger partial charge >= 0.3 is 0 Å². The summed E-state index contributed by atoms with van der Waals surface area (Å²) in [6, 6.07) is 46.4. The third-order valence-corrected chi connectivity index (χ3v) is 10.2. The fourth-order valence-electron chi connectivity index (χ4n) is 6.72. The minimum absolute atomic E-state index is 0.311. The zero-order valence-corrected chi connectivity index (χ0v) is 23.2. The van der Waals surface area contributed by atoms with E-state index in [1.165, 1.54) is 10.8 Å². The van der Waals surface area contributed by atoms with Gasteiger partial charge in [-0.15, -0.1) is 0 Å². The lowest BCUT2D eigenvalue weighted by atomic mass is 9.97. The van der Waals surface area contributed by atoms with Crippen LogP contribution in [0.5, 0.6) is 0 Å². The Morgan fingerprint density at radius 1 is 0.476 bits per heavy atom. The first kappa shape index (κ1) is 23.4. The molecule has 2 aliphatic heterocycles. The second-order valence-corrected chi connectivity index (χ2v) is 12.4. The number of fused-ring (bicyclic) bond motifs is 7. The summed E-state index contributed by atoms with van der Waals surface area (Å²) in [6.45, 7) is 0. The van der Waals surface area contributed by atoms with Crippen molar-refractivity contribution in [3.05, 3.63) is 140 Å². The van der Waals surface area contributed by atoms with Gasteiger partial charge in [-0.05, 0) is 54.6 Å². The molecule has 0 radical (unpaired) electrons. The number of para-hydroxylation sites is 5. The van der Waals surface area contributed by atoms with Gasteiger partial charge in [0.15, 0.2) is 0 Å². The molecule has 0 saturated heterocycles. The Bertz CT molecular complexity index is 2290. The van der Waals surface area contributed by atoms with Crippen LogP contribution in [0.15, 0.2) is 144 Å². The van der Waals surface area contributed by atoms with Crippen molar-refractivity contribution in [2.75, 3.05) is 9.21 Å². The van der Waals surface area contributed by atoms with Gasteiger partial charge in [0, 0.05) is 33.3 Å². The van der Waals surface area contributed by atoms with E-state index in [0.717, 1.165) is 39.3 Å². The van der Waals surface area contributed by atoms with Crippen molar-refractivity contribution in [3.63, 3.8) is 0 Å². The highest BCUT2D eigenvalue weighted by atomic mass is 32.2. The van der Waals surface area contributed by atoms with Crippen molar-refractivity contribution < 1.29 is 8.42 Å². The number of hydrogen-bond acceptors (Lipinski definition) is 3. The third kappa shape index (κ3) is 2.99. The summed E-state index contributed by atoms with van der Waals surface area (Å²) in [5.41, 5.74) is 8.64. The summed E-state index contributed by atoms with van der Waals surface area (Å²) < 4.78 is 32.5. The second kappa shape index (κ2) is 8.35. The SMILES string of the molecule is O=S1(=O)c2ccccc2-c2cc(-n3c4ccccc4c4ccccc43)cc3c2N1c1ccccc1N3c1ccccc1. The fraction of sp³-hybridized carbons (Fsp3) is 0. The molecule has 0 saturated carbocycles. The van der Waals surface area contributed by atoms with Gasteiger partial charge in [-0.3, -0.25) is 0 Å². The quantitative estimate of drug-likeness (QED) is 0.212. The third-order valence-electron chi connectivity index (χ3n) is 8.41. The molecule has 1 aromatic heterocycles. The number of benzene rings is 6. The highest BCUT2D eigenvalue weighted by Gasteiger charge is 2.43. The predicted octanol–water partition coefficient (Wildman–Crippen LogP) is 9.07. The average Bonchev–Trinajstić information content (AvgIpc) is 3.37. The van der Waals surface area contributed by atoms with Crippen LogP contribution >= 0.6 is 0 Å². The summed E-state index contributed by atoms with van der Waals surface area (Å²) >= 11 is 0. The van der Waals surface area contributed by atoms with E-state index in [1.54, 1.807) is 16.4 Å². The van der Waals surface area contributed by atoms with Gasteiger partial charge in [0.2, 0.25) is 0 Å². The van der Waals surface area contributed by atoms with E-state index >= 15 is 0 Å². The predicted molar refractivity (Wildman–Crippen MR) is 170 cm³/mol. The molecule has 0 unspecified atom stereocenters. The van der Waals surface area contributed by atoms with Gasteiger partial charge in [0.1, 0.15) is 0 Å². The van der Waals surface area contributed by atoms with Crippen molar-refractivity contribution in [1.82, 2.24) is 4.57 Å². The molecule has 6 heteroatoms. The summed E-state index contributed by atoms with van der Waals surface area (Å²) in [4.78, 5) is 2.50. The maximum absolute atomic E-state index is 14.4. The van der Waals surface area contributed by atoms with E-state index in [1.807, 2.05) is 54.6 Å². The van der Waals surface area contributed by atoms with Gasteiger partial charge in [-0.1, -0.05) is 84.9 Å². The van der Waals surface area contributed by atoms with Gasteiger partial charge in [0.25, 0.3) is 10.0 Å². The first-order valence-corrected chi connectivity index (χ1v) is 15.3. The second-order valence-electron chi connectivity index (χ2n) is 10.7. The van der Waals surface area contributed by atoms with Crippen LogP contribution in [0.25, 0.3) is 38.6 Å². The number of rotatable bonds is 2. The summed E-state index contributed by atoms with van der Waals surface area (Å²) in [6.07, 6.45) is 0. The lowest BCUT2D eigenvalue weighted by Crippen LogP contribution is -2.35. The van der Waals surface area contributed by atoms with Crippen molar-refractivity contribution >= 4 is 60.3 Å². The molecule has 5 nitrogen and oxygen atoms in total. The first-order valence-electron chi connectivity index (χ1n) is 13.9. The van der Waals surface area contributed by atoms with Gasteiger partial charge in [-0.2, -0.15) is 0 Å². The van der Waals surface area contributed by atoms with E-state index in [9.17, 15) is 8.42 Å². The van der Waals surface area contributed by atoms with Crippen molar-refractivity contribution in [2.45, 2.75) is 4.90 Å². The van der Waals surface area contributed by atoms with Crippen LogP contribution < -0.4 is 9.21 Å². The maximum Gasteiger partial charge on any atom is 0.269 e. The van der Waals surface area contributed by atoms with Crippen LogP contribution in [0.2, 0.25) is 0 Å². The van der Waals surface area contributed by atoms with Gasteiger partial charge < -0.3 is 9.47 Å². The number of nitrogens with zero attached hydrogens (tertiary/aromatic N) is 3. The zero-order valence-electron chi connectivity index (χ0n) is 22.3. The van der Waals surface area contributed by atoms with Crippen LogP contribution in [0.1, 0.15) is 0 Å². The molecule has 0 amide bonds. The number of aromatic nitrogens is 1. The fourth-order valence-corrected chi connectivity index (χ4v) is 8.46. The Balaban J connectivity index is 1.47. The first-order chi connectivity index (χ1) is 20.6. The molecule has 2 aliphatic rings. The van der Waals surface area contributed by atoms with Crippen molar-refractivity contribution in [1.29, 1.82) is 0 Å². The van der Waals surface area contributed by atoms with Crippen LogP contribution in [-0.2, 0) is 10.0 Å². The number of sulfonamides is 1. The monoisotopic (exact) mass is 561 g/mol. The molecule has 200 valence electrons. The van der Waals surface area contributed by atoms with Crippen LogP contribution in [0.3, 0.4) is 0 Å². The van der Waals surface area contributed by atoms with E-state index in [2.05, 4.69) is 82.3 Å². The van der Waals surface area contributed by atoms with Gasteiger partial charge in [-0.25, -0.2) is 12.7 Å². The highest BCUT2D eigenvalue weighted by molar-refractivity contribution is 7.93. The minimum atomic E-state index is -3.87. The molecule has 7 aromatic rings. The van der Waals surface area contributed by atoms with Crippen LogP contribution in [-0.4, -0.2) is 13.0 Å². The molecule has 42 heavy (non-hydrogen) atoms. The minimum Gasteiger partial charge on any atom is -0.309 e. The molecule has 3 heterocycles. The van der Waals surface area contributed by atoms with E-state index in [0.29, 0.717) is 21.8 Å². The summed E-state index contributed by atoms with van der Waals surface area (Å²) in [7, 11) is -3.87. The lowest BCUT2D eigenvalue weighted by Gasteiger charge is -2.43. The molecular weight excluding hydrogens is 538 g/mol. The highest BCUT2D eigenvalue weighted by Crippen LogP contribution is 2.59. The normalized spacial score (nSPS) is 14.5. The summed E-state index contributed by atoms with van der Waals surface area (Å²) in [5, 5.41) is 2.35.